The van der Waals surface area contributed by atoms with Gasteiger partial charge in [-0.3, -0.25) is 0 Å². The molecule has 1 aliphatic rings. The predicted molar refractivity (Wildman–Crippen MR) is 81.5 cm³/mol. The molecule has 1 aromatic carbocycles. The van der Waals surface area contributed by atoms with E-state index in [0.29, 0.717) is 16.7 Å². The summed E-state index contributed by atoms with van der Waals surface area (Å²) < 4.78 is 0.786. The van der Waals surface area contributed by atoms with Crippen LogP contribution in [-0.2, 0) is 0 Å². The van der Waals surface area contributed by atoms with Crippen LogP contribution in [0.1, 0.15) is 5.56 Å². The van der Waals surface area contributed by atoms with Crippen molar-refractivity contribution < 1.29 is 0 Å². The Hall–Kier alpha value is -2.39. The molecular weight excluding hydrogens is 286 g/mol. The van der Waals surface area contributed by atoms with E-state index < -0.39 is 0 Å². The molecule has 0 atom stereocenters. The summed E-state index contributed by atoms with van der Waals surface area (Å²) in [6.07, 6.45) is 0. The van der Waals surface area contributed by atoms with Gasteiger partial charge in [0, 0.05) is 5.57 Å². The summed E-state index contributed by atoms with van der Waals surface area (Å²) in [5.74, 6) is 0. The number of hydrogen-bond donors (Lipinski definition) is 0. The quantitative estimate of drug-likeness (QED) is 0.765. The molecule has 3 nitrogen and oxygen atoms in total. The van der Waals surface area contributed by atoms with E-state index in [9.17, 15) is 5.26 Å². The lowest BCUT2D eigenvalue weighted by Crippen LogP contribution is -1.94. The minimum Gasteiger partial charge on any atom is -0.192 e. The fraction of sp³-hybridized carbons (Fsp3) is 0. The van der Waals surface area contributed by atoms with Crippen molar-refractivity contribution in [3.05, 3.63) is 62.1 Å². The number of allylic oxidation sites excluding steroid dienone is 3. The average Bonchev–Trinajstić information content (AvgIpc) is 3.02. The van der Waals surface area contributed by atoms with Gasteiger partial charge in [-0.1, -0.05) is 53.9 Å². The molecular formula is C15H7N3S2. The first-order chi connectivity index (χ1) is 9.81. The van der Waals surface area contributed by atoms with Crippen molar-refractivity contribution in [2.24, 2.45) is 0 Å². The molecule has 0 radical (unpaired) electrons. The SMILES string of the molecule is N#CC(C#N)=C(C(C#N)=C1SC=CS1)c1ccccc1. The highest BCUT2D eigenvalue weighted by molar-refractivity contribution is 8.27. The van der Waals surface area contributed by atoms with Gasteiger partial charge in [0.25, 0.3) is 0 Å². The largest absolute Gasteiger partial charge is 0.192 e. The Balaban J connectivity index is 2.71. The lowest BCUT2D eigenvalue weighted by Gasteiger charge is -2.08. The van der Waals surface area contributed by atoms with Crippen molar-refractivity contribution in [3.8, 4) is 18.2 Å². The second-order valence-corrected chi connectivity index (χ2v) is 5.71. The first kappa shape index (κ1) is 14.0. The van der Waals surface area contributed by atoms with Crippen LogP contribution in [0, 0.1) is 34.0 Å². The van der Waals surface area contributed by atoms with Crippen LogP contribution < -0.4 is 0 Å². The lowest BCUT2D eigenvalue weighted by molar-refractivity contribution is 1.44. The second kappa shape index (κ2) is 6.68. The predicted octanol–water partition coefficient (Wildman–Crippen LogP) is 4.17. The summed E-state index contributed by atoms with van der Waals surface area (Å²) in [7, 11) is 0. The van der Waals surface area contributed by atoms with Crippen molar-refractivity contribution in [2.75, 3.05) is 0 Å². The number of nitrogens with zero attached hydrogens (tertiary/aromatic N) is 3. The molecule has 0 unspecified atom stereocenters. The maximum Gasteiger partial charge on any atom is 0.138 e. The Morgan fingerprint density at radius 1 is 0.850 bits per heavy atom. The molecule has 0 spiro atoms. The molecule has 0 bridgehead atoms. The molecule has 1 aromatic rings. The van der Waals surface area contributed by atoms with Crippen LogP contribution in [0.5, 0.6) is 0 Å². The van der Waals surface area contributed by atoms with Gasteiger partial charge in [-0.05, 0) is 16.4 Å². The standard InChI is InChI=1S/C15H7N3S2/c16-8-12(9-17)14(11-4-2-1-3-5-11)13(10-18)15-19-6-7-20-15/h1-7H. The van der Waals surface area contributed by atoms with Crippen LogP contribution in [0.2, 0.25) is 0 Å². The van der Waals surface area contributed by atoms with E-state index >= 15 is 0 Å². The highest BCUT2D eigenvalue weighted by Gasteiger charge is 2.20. The molecule has 0 amide bonds. The van der Waals surface area contributed by atoms with Gasteiger partial charge in [-0.2, -0.15) is 15.8 Å². The van der Waals surface area contributed by atoms with Gasteiger partial charge in [0.15, 0.2) is 0 Å². The number of nitriles is 3. The number of benzene rings is 1. The Labute approximate surface area is 125 Å². The second-order valence-electron chi connectivity index (χ2n) is 3.62. The molecule has 1 aliphatic heterocycles. The first-order valence-electron chi connectivity index (χ1n) is 5.54. The Morgan fingerprint density at radius 2 is 1.45 bits per heavy atom. The summed E-state index contributed by atoms with van der Waals surface area (Å²) in [5.41, 5.74) is 1.42. The summed E-state index contributed by atoms with van der Waals surface area (Å²) in [4.78, 5) is 0. The molecule has 20 heavy (non-hydrogen) atoms. The topological polar surface area (TPSA) is 71.4 Å². The zero-order valence-electron chi connectivity index (χ0n) is 10.2. The van der Waals surface area contributed by atoms with Gasteiger partial charge in [0.2, 0.25) is 0 Å². The van der Waals surface area contributed by atoms with Gasteiger partial charge >= 0.3 is 0 Å². The third-order valence-corrected chi connectivity index (χ3v) is 4.64. The van der Waals surface area contributed by atoms with Crippen LogP contribution in [-0.4, -0.2) is 0 Å². The van der Waals surface area contributed by atoms with Gasteiger partial charge < -0.3 is 0 Å². The molecule has 0 aromatic heterocycles. The summed E-state index contributed by atoms with van der Waals surface area (Å²) in [6.45, 7) is 0. The lowest BCUT2D eigenvalue weighted by atomic mass is 9.95. The van der Waals surface area contributed by atoms with E-state index in [4.69, 9.17) is 10.5 Å². The third kappa shape index (κ3) is 2.78. The molecule has 2 rings (SSSR count). The number of rotatable bonds is 2. The normalized spacial score (nSPS) is 12.2. The maximum atomic E-state index is 9.44. The van der Waals surface area contributed by atoms with Crippen molar-refractivity contribution in [2.45, 2.75) is 0 Å². The first-order valence-corrected chi connectivity index (χ1v) is 7.30. The average molecular weight is 293 g/mol. The monoisotopic (exact) mass is 293 g/mol. The third-order valence-electron chi connectivity index (χ3n) is 2.51. The molecule has 0 fully saturated rings. The highest BCUT2D eigenvalue weighted by atomic mass is 32.2. The van der Waals surface area contributed by atoms with Crippen LogP contribution in [0.15, 0.2) is 56.5 Å². The smallest absolute Gasteiger partial charge is 0.138 e. The van der Waals surface area contributed by atoms with Crippen molar-refractivity contribution in [1.29, 1.82) is 15.8 Å². The van der Waals surface area contributed by atoms with E-state index in [0.717, 1.165) is 4.24 Å². The van der Waals surface area contributed by atoms with Crippen LogP contribution >= 0.6 is 23.5 Å². The van der Waals surface area contributed by atoms with E-state index in [-0.39, 0.29) is 5.57 Å². The fourth-order valence-electron chi connectivity index (χ4n) is 1.68. The van der Waals surface area contributed by atoms with Crippen molar-refractivity contribution >= 4 is 29.1 Å². The summed E-state index contributed by atoms with van der Waals surface area (Å²) in [5, 5.41) is 31.5. The number of hydrogen-bond acceptors (Lipinski definition) is 5. The Bertz CT molecular complexity index is 712. The van der Waals surface area contributed by atoms with Gasteiger partial charge in [0.05, 0.1) is 9.81 Å². The highest BCUT2D eigenvalue weighted by Crippen LogP contribution is 2.43. The van der Waals surface area contributed by atoms with Crippen LogP contribution in [0.4, 0.5) is 0 Å². The Morgan fingerprint density at radius 3 is 1.95 bits per heavy atom. The van der Waals surface area contributed by atoms with E-state index in [1.807, 2.05) is 41.2 Å². The van der Waals surface area contributed by atoms with Crippen molar-refractivity contribution in [3.63, 3.8) is 0 Å². The van der Waals surface area contributed by atoms with Gasteiger partial charge in [-0.25, -0.2) is 0 Å². The zero-order valence-corrected chi connectivity index (χ0v) is 11.8. The van der Waals surface area contributed by atoms with Crippen LogP contribution in [0.3, 0.4) is 0 Å². The molecule has 0 N–H and O–H groups in total. The van der Waals surface area contributed by atoms with E-state index in [1.165, 1.54) is 23.5 Å². The number of thioether (sulfide) groups is 2. The zero-order chi connectivity index (χ0) is 14.4. The fourth-order valence-corrected chi connectivity index (χ4v) is 3.46. The summed E-state index contributed by atoms with van der Waals surface area (Å²) >= 11 is 2.85. The van der Waals surface area contributed by atoms with E-state index in [2.05, 4.69) is 6.07 Å². The molecule has 5 heteroatoms. The van der Waals surface area contributed by atoms with Crippen LogP contribution in [0.25, 0.3) is 5.57 Å². The molecule has 0 saturated carbocycles. The maximum absolute atomic E-state index is 9.44. The van der Waals surface area contributed by atoms with Crippen molar-refractivity contribution in [1.82, 2.24) is 0 Å². The minimum absolute atomic E-state index is 0.0478. The van der Waals surface area contributed by atoms with Gasteiger partial charge in [0.1, 0.15) is 23.8 Å². The molecule has 94 valence electrons. The summed E-state index contributed by atoms with van der Waals surface area (Å²) in [6, 6.07) is 15.0. The minimum atomic E-state index is -0.0478. The van der Waals surface area contributed by atoms with Gasteiger partial charge in [-0.15, -0.1) is 0 Å². The molecule has 1 heterocycles. The van der Waals surface area contributed by atoms with E-state index in [1.54, 1.807) is 12.1 Å². The Kier molecular flexibility index (Phi) is 4.69. The molecule has 0 aliphatic carbocycles. The molecule has 0 saturated heterocycles.